The molecule has 18 heavy (non-hydrogen) atoms. The van der Waals surface area contributed by atoms with Crippen LogP contribution in [0.1, 0.15) is 17.2 Å². The van der Waals surface area contributed by atoms with E-state index < -0.39 is 6.10 Å². The van der Waals surface area contributed by atoms with Crippen LogP contribution < -0.4 is 9.47 Å². The zero-order chi connectivity index (χ0) is 13.0. The number of hydrogen-bond acceptors (Lipinski definition) is 4. The first-order chi connectivity index (χ1) is 8.74. The molecule has 2 aromatic rings. The van der Waals surface area contributed by atoms with E-state index >= 15 is 0 Å². The standard InChI is InChI=1S/C14H15NO3/c1-17-12-5-3-4-10(6-12)14(16)11-7-13(18-2)9-15-8-11/h3-9,14,16H,1-2H3. The monoisotopic (exact) mass is 245 g/mol. The van der Waals surface area contributed by atoms with Gasteiger partial charge in [0, 0.05) is 11.8 Å². The van der Waals surface area contributed by atoms with Gasteiger partial charge in [-0.15, -0.1) is 0 Å². The lowest BCUT2D eigenvalue weighted by atomic mass is 10.0. The largest absolute Gasteiger partial charge is 0.497 e. The summed E-state index contributed by atoms with van der Waals surface area (Å²) in [5, 5.41) is 10.3. The van der Waals surface area contributed by atoms with E-state index in [1.54, 1.807) is 38.7 Å². The third-order valence-corrected chi connectivity index (χ3v) is 2.70. The van der Waals surface area contributed by atoms with Crippen molar-refractivity contribution in [3.05, 3.63) is 53.9 Å². The first-order valence-corrected chi connectivity index (χ1v) is 5.55. The van der Waals surface area contributed by atoms with Gasteiger partial charge >= 0.3 is 0 Å². The van der Waals surface area contributed by atoms with E-state index in [9.17, 15) is 5.11 Å². The van der Waals surface area contributed by atoms with Gasteiger partial charge < -0.3 is 14.6 Å². The van der Waals surface area contributed by atoms with E-state index in [2.05, 4.69) is 4.98 Å². The number of ether oxygens (including phenoxy) is 2. The molecule has 2 rings (SSSR count). The van der Waals surface area contributed by atoms with Crippen LogP contribution in [0.5, 0.6) is 11.5 Å². The van der Waals surface area contributed by atoms with Crippen LogP contribution in [0.4, 0.5) is 0 Å². The second-order valence-corrected chi connectivity index (χ2v) is 3.84. The Hall–Kier alpha value is -2.07. The molecule has 0 bridgehead atoms. The van der Waals surface area contributed by atoms with E-state index in [1.807, 2.05) is 18.2 Å². The zero-order valence-electron chi connectivity index (χ0n) is 10.3. The van der Waals surface area contributed by atoms with Crippen molar-refractivity contribution in [3.63, 3.8) is 0 Å². The molecule has 94 valence electrons. The van der Waals surface area contributed by atoms with Gasteiger partial charge in [0.2, 0.25) is 0 Å². The van der Waals surface area contributed by atoms with Crippen LogP contribution in [-0.4, -0.2) is 24.3 Å². The minimum Gasteiger partial charge on any atom is -0.497 e. The summed E-state index contributed by atoms with van der Waals surface area (Å²) < 4.78 is 10.2. The normalized spacial score (nSPS) is 11.9. The first-order valence-electron chi connectivity index (χ1n) is 5.55. The van der Waals surface area contributed by atoms with E-state index in [1.165, 1.54) is 0 Å². The number of nitrogens with zero attached hydrogens (tertiary/aromatic N) is 1. The molecular weight excluding hydrogens is 230 g/mol. The number of aliphatic hydroxyl groups is 1. The highest BCUT2D eigenvalue weighted by Gasteiger charge is 2.12. The predicted octanol–water partition coefficient (Wildman–Crippen LogP) is 2.18. The zero-order valence-corrected chi connectivity index (χ0v) is 10.3. The van der Waals surface area contributed by atoms with Crippen molar-refractivity contribution in [2.45, 2.75) is 6.10 Å². The third-order valence-electron chi connectivity index (χ3n) is 2.70. The lowest BCUT2D eigenvalue weighted by Gasteiger charge is -2.13. The van der Waals surface area contributed by atoms with E-state index in [0.29, 0.717) is 17.1 Å². The molecule has 1 heterocycles. The summed E-state index contributed by atoms with van der Waals surface area (Å²) in [7, 11) is 3.16. The van der Waals surface area contributed by atoms with Crippen LogP contribution in [0.25, 0.3) is 0 Å². The van der Waals surface area contributed by atoms with Crippen molar-refractivity contribution < 1.29 is 14.6 Å². The molecule has 0 radical (unpaired) electrons. The maximum absolute atomic E-state index is 10.3. The molecule has 1 atom stereocenters. The average Bonchev–Trinajstić information content (AvgIpc) is 2.46. The van der Waals surface area contributed by atoms with Crippen LogP contribution in [0, 0.1) is 0 Å². The molecule has 0 saturated carbocycles. The van der Waals surface area contributed by atoms with Crippen molar-refractivity contribution in [2.24, 2.45) is 0 Å². The summed E-state index contributed by atoms with van der Waals surface area (Å²) in [6.45, 7) is 0. The Kier molecular flexibility index (Phi) is 3.79. The number of rotatable bonds is 4. The fourth-order valence-electron chi connectivity index (χ4n) is 1.70. The van der Waals surface area contributed by atoms with Gasteiger partial charge in [0.05, 0.1) is 20.4 Å². The second-order valence-electron chi connectivity index (χ2n) is 3.84. The van der Waals surface area contributed by atoms with Gasteiger partial charge in [-0.25, -0.2) is 0 Å². The Balaban J connectivity index is 2.31. The molecule has 1 aromatic heterocycles. The molecule has 1 N–H and O–H groups in total. The molecule has 0 aliphatic carbocycles. The van der Waals surface area contributed by atoms with Crippen molar-refractivity contribution in [1.29, 1.82) is 0 Å². The number of aromatic nitrogens is 1. The average molecular weight is 245 g/mol. The molecule has 4 nitrogen and oxygen atoms in total. The van der Waals surface area contributed by atoms with Gasteiger partial charge in [0.25, 0.3) is 0 Å². The molecule has 0 amide bonds. The molecule has 0 aliphatic heterocycles. The summed E-state index contributed by atoms with van der Waals surface area (Å²) in [5.74, 6) is 1.33. The van der Waals surface area contributed by atoms with E-state index in [4.69, 9.17) is 9.47 Å². The van der Waals surface area contributed by atoms with E-state index in [0.717, 1.165) is 5.56 Å². The minimum atomic E-state index is -0.748. The Labute approximate surface area is 106 Å². The fraction of sp³-hybridized carbons (Fsp3) is 0.214. The van der Waals surface area contributed by atoms with Gasteiger partial charge in [-0.1, -0.05) is 12.1 Å². The predicted molar refractivity (Wildman–Crippen MR) is 67.8 cm³/mol. The van der Waals surface area contributed by atoms with Crippen LogP contribution in [0.15, 0.2) is 42.7 Å². The van der Waals surface area contributed by atoms with Gasteiger partial charge in [0.1, 0.15) is 17.6 Å². The number of pyridine rings is 1. The van der Waals surface area contributed by atoms with Crippen molar-refractivity contribution in [1.82, 2.24) is 4.98 Å². The molecule has 0 aliphatic rings. The van der Waals surface area contributed by atoms with Crippen molar-refractivity contribution >= 4 is 0 Å². The Bertz CT molecular complexity index is 480. The molecule has 0 fully saturated rings. The Morgan fingerprint density at radius 2 is 1.72 bits per heavy atom. The molecule has 1 unspecified atom stereocenters. The maximum Gasteiger partial charge on any atom is 0.137 e. The van der Waals surface area contributed by atoms with Gasteiger partial charge in [-0.05, 0) is 23.8 Å². The number of aliphatic hydroxyl groups excluding tert-OH is 1. The van der Waals surface area contributed by atoms with Gasteiger partial charge in [0.15, 0.2) is 0 Å². The van der Waals surface area contributed by atoms with Crippen LogP contribution in [-0.2, 0) is 0 Å². The number of methoxy groups -OCH3 is 2. The van der Waals surface area contributed by atoms with Crippen LogP contribution >= 0.6 is 0 Å². The fourth-order valence-corrected chi connectivity index (χ4v) is 1.70. The Morgan fingerprint density at radius 1 is 1.00 bits per heavy atom. The SMILES string of the molecule is COc1cccc(C(O)c2cncc(OC)c2)c1. The van der Waals surface area contributed by atoms with Crippen LogP contribution in [0.3, 0.4) is 0 Å². The molecular formula is C14H15NO3. The summed E-state index contributed by atoms with van der Waals surface area (Å²) in [6.07, 6.45) is 2.47. The number of hydrogen-bond donors (Lipinski definition) is 1. The molecule has 1 aromatic carbocycles. The number of benzene rings is 1. The highest BCUT2D eigenvalue weighted by molar-refractivity contribution is 5.36. The third kappa shape index (κ3) is 2.60. The molecule has 4 heteroatoms. The lowest BCUT2D eigenvalue weighted by Crippen LogP contribution is -2.01. The highest BCUT2D eigenvalue weighted by atomic mass is 16.5. The minimum absolute atomic E-state index is 0.620. The molecule has 0 saturated heterocycles. The first kappa shape index (κ1) is 12.4. The lowest BCUT2D eigenvalue weighted by molar-refractivity contribution is 0.218. The molecule has 0 spiro atoms. The van der Waals surface area contributed by atoms with Crippen molar-refractivity contribution in [3.8, 4) is 11.5 Å². The smallest absolute Gasteiger partial charge is 0.137 e. The second kappa shape index (κ2) is 5.51. The summed E-state index contributed by atoms with van der Waals surface area (Å²) in [6, 6.07) is 9.07. The van der Waals surface area contributed by atoms with Gasteiger partial charge in [-0.3, -0.25) is 4.98 Å². The van der Waals surface area contributed by atoms with E-state index in [-0.39, 0.29) is 0 Å². The van der Waals surface area contributed by atoms with Crippen LogP contribution in [0.2, 0.25) is 0 Å². The highest BCUT2D eigenvalue weighted by Crippen LogP contribution is 2.26. The van der Waals surface area contributed by atoms with Gasteiger partial charge in [-0.2, -0.15) is 0 Å². The Morgan fingerprint density at radius 3 is 2.44 bits per heavy atom. The topological polar surface area (TPSA) is 51.6 Å². The maximum atomic E-state index is 10.3. The summed E-state index contributed by atoms with van der Waals surface area (Å²) >= 11 is 0. The summed E-state index contributed by atoms with van der Waals surface area (Å²) in [4.78, 5) is 4.03. The summed E-state index contributed by atoms with van der Waals surface area (Å²) in [5.41, 5.74) is 1.44. The quantitative estimate of drug-likeness (QED) is 0.897. The van der Waals surface area contributed by atoms with Crippen molar-refractivity contribution in [2.75, 3.05) is 14.2 Å².